The molecule has 1 aromatic carbocycles. The lowest BCUT2D eigenvalue weighted by molar-refractivity contribution is 0.0696. The minimum atomic E-state index is -0.976. The van der Waals surface area contributed by atoms with Gasteiger partial charge in [0.2, 0.25) is 0 Å². The fourth-order valence-corrected chi connectivity index (χ4v) is 3.98. The van der Waals surface area contributed by atoms with Gasteiger partial charge in [0, 0.05) is 37.7 Å². The van der Waals surface area contributed by atoms with Gasteiger partial charge >= 0.3 is 5.97 Å². The summed E-state index contributed by atoms with van der Waals surface area (Å²) in [4.78, 5) is 15.0. The molecule has 0 spiro atoms. The molecule has 0 aliphatic heterocycles. The highest BCUT2D eigenvalue weighted by molar-refractivity contribution is 5.86. The molecule has 1 unspecified atom stereocenters. The normalized spacial score (nSPS) is 21.3. The number of hydrogen-bond donors (Lipinski definition) is 3. The number of nitrogens with zero attached hydrogens (tertiary/aromatic N) is 3. The van der Waals surface area contributed by atoms with Gasteiger partial charge in [0.05, 0.1) is 17.9 Å². The molecule has 3 atom stereocenters. The average molecular weight is 392 g/mol. The molecule has 150 valence electrons. The van der Waals surface area contributed by atoms with E-state index < -0.39 is 12.1 Å². The van der Waals surface area contributed by atoms with E-state index in [0.29, 0.717) is 19.5 Å². The largest absolute Gasteiger partial charge is 0.478 e. The second-order valence-corrected chi connectivity index (χ2v) is 7.58. The molecule has 29 heavy (non-hydrogen) atoms. The van der Waals surface area contributed by atoms with Crippen LogP contribution >= 0.6 is 0 Å². The summed E-state index contributed by atoms with van der Waals surface area (Å²) in [6.07, 6.45) is 7.56. The number of aliphatic hydroxyl groups excluding tert-OH is 1. The lowest BCUT2D eigenvalue weighted by Crippen LogP contribution is -2.35. The quantitative estimate of drug-likeness (QED) is 0.571. The third-order valence-electron chi connectivity index (χ3n) is 5.46. The predicted octanol–water partition coefficient (Wildman–Crippen LogP) is 2.57. The molecule has 3 N–H and O–H groups in total. The van der Waals surface area contributed by atoms with Crippen molar-refractivity contribution in [1.29, 1.82) is 0 Å². The maximum Gasteiger partial charge on any atom is 0.338 e. The van der Waals surface area contributed by atoms with Gasteiger partial charge in [-0.1, -0.05) is 18.2 Å². The van der Waals surface area contributed by atoms with Crippen LogP contribution in [0.2, 0.25) is 0 Å². The first-order valence-corrected chi connectivity index (χ1v) is 9.75. The Hall–Kier alpha value is -3.03. The van der Waals surface area contributed by atoms with E-state index in [2.05, 4.69) is 33.6 Å². The van der Waals surface area contributed by atoms with Gasteiger partial charge in [0.15, 0.2) is 0 Å². The number of carboxylic acids is 1. The molecule has 1 saturated carbocycles. The molecule has 7 nitrogen and oxygen atoms in total. The Balaban J connectivity index is 1.34. The highest BCUT2D eigenvalue weighted by Crippen LogP contribution is 2.28. The van der Waals surface area contributed by atoms with Gasteiger partial charge in [0.1, 0.15) is 0 Å². The number of hydrogen-bond acceptors (Lipinski definition) is 5. The van der Waals surface area contributed by atoms with Crippen molar-refractivity contribution >= 4 is 5.97 Å². The highest BCUT2D eigenvalue weighted by atomic mass is 16.4. The predicted molar refractivity (Wildman–Crippen MR) is 108 cm³/mol. The Morgan fingerprint density at radius 2 is 2.00 bits per heavy atom. The van der Waals surface area contributed by atoms with Gasteiger partial charge in [-0.25, -0.2) is 4.79 Å². The average Bonchev–Trinajstić information content (AvgIpc) is 3.34. The third-order valence-corrected chi connectivity index (χ3v) is 5.46. The SMILES string of the molecule is O=C(O)c1cnn(CC2C[C@@H](O)[C@H](NCc3cccc(-c4ccncc4)c3)C2)c1. The molecule has 1 aliphatic carbocycles. The van der Waals surface area contributed by atoms with E-state index in [1.165, 1.54) is 6.20 Å². The van der Waals surface area contributed by atoms with Crippen LogP contribution in [0, 0.1) is 5.92 Å². The molecule has 0 amide bonds. The molecule has 4 rings (SSSR count). The number of aliphatic hydroxyl groups is 1. The molecule has 2 heterocycles. The van der Waals surface area contributed by atoms with Gasteiger partial charge in [-0.2, -0.15) is 5.10 Å². The summed E-state index contributed by atoms with van der Waals surface area (Å²) in [6.45, 7) is 1.29. The minimum absolute atomic E-state index is 0.0130. The van der Waals surface area contributed by atoms with Crippen LogP contribution in [0.1, 0.15) is 28.8 Å². The van der Waals surface area contributed by atoms with Crippen LogP contribution in [0.3, 0.4) is 0 Å². The zero-order valence-corrected chi connectivity index (χ0v) is 16.0. The van der Waals surface area contributed by atoms with E-state index in [4.69, 9.17) is 5.11 Å². The molecular formula is C22H24N4O3. The number of benzene rings is 1. The molecule has 1 aliphatic rings. The fraction of sp³-hybridized carbons (Fsp3) is 0.318. The van der Waals surface area contributed by atoms with Crippen LogP contribution in [-0.4, -0.2) is 43.1 Å². The van der Waals surface area contributed by atoms with Crippen LogP contribution in [0.15, 0.2) is 61.2 Å². The lowest BCUT2D eigenvalue weighted by Gasteiger charge is -2.17. The van der Waals surface area contributed by atoms with Gasteiger partial charge in [-0.05, 0) is 53.6 Å². The Morgan fingerprint density at radius 1 is 1.17 bits per heavy atom. The molecule has 0 bridgehead atoms. The summed E-state index contributed by atoms with van der Waals surface area (Å²) in [5.74, 6) is -0.719. The van der Waals surface area contributed by atoms with E-state index >= 15 is 0 Å². The van der Waals surface area contributed by atoms with Crippen molar-refractivity contribution in [1.82, 2.24) is 20.1 Å². The van der Waals surface area contributed by atoms with Gasteiger partial charge < -0.3 is 15.5 Å². The number of rotatable bonds is 7. The van der Waals surface area contributed by atoms with E-state index in [0.717, 1.165) is 23.1 Å². The Bertz CT molecular complexity index is 973. The second-order valence-electron chi connectivity index (χ2n) is 7.58. The Kier molecular flexibility index (Phi) is 5.69. The second kappa shape index (κ2) is 8.55. The van der Waals surface area contributed by atoms with E-state index in [-0.39, 0.29) is 17.5 Å². The van der Waals surface area contributed by atoms with Crippen LogP contribution in [0.4, 0.5) is 0 Å². The zero-order valence-electron chi connectivity index (χ0n) is 16.0. The first-order valence-electron chi connectivity index (χ1n) is 9.75. The van der Waals surface area contributed by atoms with Crippen molar-refractivity contribution in [2.75, 3.05) is 0 Å². The van der Waals surface area contributed by atoms with E-state index in [9.17, 15) is 9.90 Å². The summed E-state index contributed by atoms with van der Waals surface area (Å²) in [5.41, 5.74) is 3.62. The summed E-state index contributed by atoms with van der Waals surface area (Å²) in [5, 5.41) is 27.0. The van der Waals surface area contributed by atoms with Crippen molar-refractivity contribution in [3.63, 3.8) is 0 Å². The number of aromatic carboxylic acids is 1. The van der Waals surface area contributed by atoms with Crippen LogP contribution in [-0.2, 0) is 13.1 Å². The standard InChI is InChI=1S/C22H24N4O3/c27-21-10-16(13-26-14-19(12-25-26)22(28)29)9-20(21)24-11-15-2-1-3-18(8-15)17-4-6-23-7-5-17/h1-8,12,14,16,20-21,24,27H,9-11,13H2,(H,28,29)/t16?,20-,21-/m1/s1. The molecule has 0 radical (unpaired) electrons. The Labute approximate surface area is 169 Å². The number of aromatic nitrogens is 3. The van der Waals surface area contributed by atoms with Gasteiger partial charge in [0.25, 0.3) is 0 Å². The lowest BCUT2D eigenvalue weighted by atomic mass is 10.0. The summed E-state index contributed by atoms with van der Waals surface area (Å²) in [6, 6.07) is 12.3. The first kappa shape index (κ1) is 19.3. The summed E-state index contributed by atoms with van der Waals surface area (Å²) in [7, 11) is 0. The molecule has 1 fully saturated rings. The van der Waals surface area contributed by atoms with Gasteiger partial charge in [-0.3, -0.25) is 9.67 Å². The van der Waals surface area contributed by atoms with Crippen molar-refractivity contribution in [2.45, 2.75) is 38.1 Å². The van der Waals surface area contributed by atoms with Crippen molar-refractivity contribution in [3.8, 4) is 11.1 Å². The maximum atomic E-state index is 11.0. The van der Waals surface area contributed by atoms with Crippen molar-refractivity contribution in [2.24, 2.45) is 5.92 Å². The number of pyridine rings is 1. The summed E-state index contributed by atoms with van der Waals surface area (Å²) >= 11 is 0. The molecule has 3 aromatic rings. The minimum Gasteiger partial charge on any atom is -0.478 e. The third kappa shape index (κ3) is 4.70. The fourth-order valence-electron chi connectivity index (χ4n) is 3.98. The maximum absolute atomic E-state index is 11.0. The monoisotopic (exact) mass is 392 g/mol. The smallest absolute Gasteiger partial charge is 0.338 e. The molecule has 0 saturated heterocycles. The number of carboxylic acid groups (broad SMARTS) is 1. The van der Waals surface area contributed by atoms with Crippen LogP contribution < -0.4 is 5.32 Å². The molecule has 2 aromatic heterocycles. The summed E-state index contributed by atoms with van der Waals surface area (Å²) < 4.78 is 1.65. The highest BCUT2D eigenvalue weighted by Gasteiger charge is 2.32. The van der Waals surface area contributed by atoms with Crippen molar-refractivity contribution in [3.05, 3.63) is 72.3 Å². The van der Waals surface area contributed by atoms with Crippen LogP contribution in [0.5, 0.6) is 0 Å². The topological polar surface area (TPSA) is 100 Å². The number of nitrogens with one attached hydrogen (secondary N) is 1. The molecular weight excluding hydrogens is 368 g/mol. The van der Waals surface area contributed by atoms with E-state index in [1.807, 2.05) is 18.2 Å². The Morgan fingerprint density at radius 3 is 2.76 bits per heavy atom. The van der Waals surface area contributed by atoms with Gasteiger partial charge in [-0.15, -0.1) is 0 Å². The van der Waals surface area contributed by atoms with Crippen LogP contribution in [0.25, 0.3) is 11.1 Å². The van der Waals surface area contributed by atoms with E-state index in [1.54, 1.807) is 23.3 Å². The first-order chi connectivity index (χ1) is 14.1. The number of carbonyl (C=O) groups is 1. The van der Waals surface area contributed by atoms with Crippen molar-refractivity contribution < 1.29 is 15.0 Å². The zero-order chi connectivity index (χ0) is 20.2. The molecule has 7 heteroatoms.